The summed E-state index contributed by atoms with van der Waals surface area (Å²) in [5, 5.41) is 12.9. The average Bonchev–Trinajstić information content (AvgIpc) is 2.91. The van der Waals surface area contributed by atoms with Crippen molar-refractivity contribution in [1.29, 1.82) is 0 Å². The molecular weight excluding hydrogens is 526 g/mol. The van der Waals surface area contributed by atoms with Crippen LogP contribution in [0.15, 0.2) is 81.5 Å². The number of nitrogens with zero attached hydrogens (tertiary/aromatic N) is 3. The molecule has 3 aromatic carbocycles. The maximum absolute atomic E-state index is 13.1. The molecule has 0 saturated carbocycles. The van der Waals surface area contributed by atoms with Crippen molar-refractivity contribution in [3.63, 3.8) is 0 Å². The highest BCUT2D eigenvalue weighted by Gasteiger charge is 2.28. The summed E-state index contributed by atoms with van der Waals surface area (Å²) in [6.45, 7) is 11.0. The predicted molar refractivity (Wildman–Crippen MR) is 159 cm³/mol. The first kappa shape index (κ1) is 29.3. The first-order valence-corrected chi connectivity index (χ1v) is 15.9. The van der Waals surface area contributed by atoms with Gasteiger partial charge in [-0.3, -0.25) is 9.89 Å². The third-order valence-corrected chi connectivity index (χ3v) is 9.80. The van der Waals surface area contributed by atoms with E-state index >= 15 is 0 Å². The summed E-state index contributed by atoms with van der Waals surface area (Å²) in [7, 11) is -3.56. The smallest absolute Gasteiger partial charge is 0.243 e. The van der Waals surface area contributed by atoms with E-state index in [9.17, 15) is 13.5 Å². The molecule has 1 aliphatic rings. The number of rotatable bonds is 9. The number of thioether (sulfide) groups is 1. The van der Waals surface area contributed by atoms with E-state index in [4.69, 9.17) is 0 Å². The lowest BCUT2D eigenvalue weighted by atomic mass is 9.98. The Morgan fingerprint density at radius 2 is 1.72 bits per heavy atom. The summed E-state index contributed by atoms with van der Waals surface area (Å²) >= 11 is 1.73. The molecule has 0 amide bonds. The van der Waals surface area contributed by atoms with E-state index < -0.39 is 10.0 Å². The highest BCUT2D eigenvalue weighted by molar-refractivity contribution is 7.98. The van der Waals surface area contributed by atoms with Gasteiger partial charge in [-0.1, -0.05) is 48.0 Å². The molecule has 0 radical (unpaired) electrons. The van der Waals surface area contributed by atoms with Crippen LogP contribution in [0.1, 0.15) is 48.6 Å². The first-order valence-electron chi connectivity index (χ1n) is 13.3. The summed E-state index contributed by atoms with van der Waals surface area (Å²) in [6.07, 6.45) is 2.64. The fourth-order valence-electron chi connectivity index (χ4n) is 4.69. The van der Waals surface area contributed by atoms with Gasteiger partial charge in [0.2, 0.25) is 10.0 Å². The molecule has 0 unspecified atom stereocenters. The van der Waals surface area contributed by atoms with Crippen molar-refractivity contribution in [3.8, 4) is 0 Å². The molecule has 8 heteroatoms. The molecule has 0 bridgehead atoms. The third-order valence-electron chi connectivity index (χ3n) is 7.20. The molecule has 0 aliphatic carbocycles. The maximum Gasteiger partial charge on any atom is 0.243 e. The standard InChI is InChI=1S/C31H39N3O3S2/c1-23-6-14-29(15-7-23)39(36,37)34-18-16-25-20-26(10-11-27(25)22-34)30(35)32-17-19-33(31(2,3)4)21-24-8-12-28(38-5)13-9-24/h6-15,20H,16-19,21-22H2,1-5H3,(H,32,35)/p-1. The Balaban J connectivity index is 1.41. The van der Waals surface area contributed by atoms with Crippen LogP contribution in [0, 0.1) is 6.92 Å². The van der Waals surface area contributed by atoms with Crippen LogP contribution in [-0.4, -0.2) is 54.9 Å². The van der Waals surface area contributed by atoms with Crippen LogP contribution in [0.5, 0.6) is 0 Å². The maximum atomic E-state index is 13.1. The van der Waals surface area contributed by atoms with E-state index in [0.29, 0.717) is 43.1 Å². The Morgan fingerprint density at radius 3 is 2.36 bits per heavy atom. The van der Waals surface area contributed by atoms with Crippen molar-refractivity contribution < 1.29 is 13.5 Å². The molecule has 4 rings (SSSR count). The molecule has 0 fully saturated rings. The molecule has 3 aromatic rings. The number of hydrogen-bond donors (Lipinski definition) is 0. The lowest BCUT2D eigenvalue weighted by molar-refractivity contribution is -0.213. The minimum Gasteiger partial charge on any atom is -0.858 e. The van der Waals surface area contributed by atoms with Crippen LogP contribution in [0.2, 0.25) is 0 Å². The summed E-state index contributed by atoms with van der Waals surface area (Å²) in [5.41, 5.74) is 4.69. The summed E-state index contributed by atoms with van der Waals surface area (Å²) < 4.78 is 27.8. The fourth-order valence-corrected chi connectivity index (χ4v) is 6.52. The summed E-state index contributed by atoms with van der Waals surface area (Å²) in [4.78, 5) is 8.27. The largest absolute Gasteiger partial charge is 0.858 e. The molecule has 39 heavy (non-hydrogen) atoms. The monoisotopic (exact) mass is 564 g/mol. The summed E-state index contributed by atoms with van der Waals surface area (Å²) in [5.74, 6) is -0.231. The van der Waals surface area contributed by atoms with E-state index in [1.54, 1.807) is 30.0 Å². The molecule has 0 spiro atoms. The van der Waals surface area contributed by atoms with Crippen LogP contribution in [0.25, 0.3) is 0 Å². The number of benzene rings is 3. The van der Waals surface area contributed by atoms with Gasteiger partial charge < -0.3 is 5.11 Å². The number of aryl methyl sites for hydroxylation is 1. The predicted octanol–water partition coefficient (Wildman–Crippen LogP) is 4.87. The van der Waals surface area contributed by atoms with Crippen LogP contribution in [0.3, 0.4) is 0 Å². The Bertz CT molecular complexity index is 1410. The molecule has 0 aromatic heterocycles. The van der Waals surface area contributed by atoms with Gasteiger partial charge in [-0.2, -0.15) is 4.31 Å². The normalized spacial score (nSPS) is 15.0. The number of aliphatic imine (C=N–C) groups is 1. The zero-order valence-electron chi connectivity index (χ0n) is 23.5. The molecule has 1 aliphatic heterocycles. The van der Waals surface area contributed by atoms with Crippen molar-refractivity contribution in [2.24, 2.45) is 4.99 Å². The van der Waals surface area contributed by atoms with Gasteiger partial charge in [0.05, 0.1) is 11.4 Å². The van der Waals surface area contributed by atoms with Crippen molar-refractivity contribution in [2.45, 2.75) is 62.5 Å². The minimum absolute atomic E-state index is 0.0621. The van der Waals surface area contributed by atoms with E-state index in [1.807, 2.05) is 31.2 Å². The lowest BCUT2D eigenvalue weighted by Gasteiger charge is -2.35. The van der Waals surface area contributed by atoms with Crippen molar-refractivity contribution in [1.82, 2.24) is 9.21 Å². The lowest BCUT2D eigenvalue weighted by Crippen LogP contribution is -2.42. The molecule has 0 saturated heterocycles. The summed E-state index contributed by atoms with van der Waals surface area (Å²) in [6, 6.07) is 21.1. The average molecular weight is 565 g/mol. The second-order valence-electron chi connectivity index (χ2n) is 11.0. The Kier molecular flexibility index (Phi) is 9.21. The van der Waals surface area contributed by atoms with Crippen LogP contribution < -0.4 is 5.11 Å². The second kappa shape index (κ2) is 12.3. The Hall–Kier alpha value is -2.65. The number of fused-ring (bicyclic) bond motifs is 1. The van der Waals surface area contributed by atoms with Gasteiger partial charge in [-0.15, -0.1) is 11.8 Å². The van der Waals surface area contributed by atoms with E-state index in [2.05, 4.69) is 61.2 Å². The highest BCUT2D eigenvalue weighted by atomic mass is 32.2. The zero-order chi connectivity index (χ0) is 28.2. The fraction of sp³-hybridized carbons (Fsp3) is 0.387. The van der Waals surface area contributed by atoms with E-state index in [0.717, 1.165) is 23.2 Å². The quantitative estimate of drug-likeness (QED) is 0.211. The molecule has 208 valence electrons. The second-order valence-corrected chi connectivity index (χ2v) is 13.8. The van der Waals surface area contributed by atoms with Crippen molar-refractivity contribution in [2.75, 3.05) is 25.9 Å². The van der Waals surface area contributed by atoms with E-state index in [1.165, 1.54) is 14.8 Å². The van der Waals surface area contributed by atoms with Crippen molar-refractivity contribution in [3.05, 3.63) is 94.5 Å². The van der Waals surface area contributed by atoms with Gasteiger partial charge in [-0.25, -0.2) is 8.42 Å². The Morgan fingerprint density at radius 1 is 1.03 bits per heavy atom. The Labute approximate surface area is 237 Å². The zero-order valence-corrected chi connectivity index (χ0v) is 25.1. The van der Waals surface area contributed by atoms with Gasteiger partial charge in [-0.05, 0) is 92.8 Å². The number of sulfonamides is 1. The van der Waals surface area contributed by atoms with Crippen molar-refractivity contribution >= 4 is 27.7 Å². The number of hydrogen-bond acceptors (Lipinski definition) is 6. The molecule has 0 atom stereocenters. The van der Waals surface area contributed by atoms with Crippen LogP contribution >= 0.6 is 11.8 Å². The van der Waals surface area contributed by atoms with Gasteiger partial charge in [0.1, 0.15) is 0 Å². The van der Waals surface area contributed by atoms with Gasteiger partial charge in [0, 0.05) is 36.6 Å². The SMILES string of the molecule is CSc1ccc(CN(CCN=C([O-])c2ccc3c(c2)CCN(S(=O)(=O)c2ccc(C)cc2)C3)C(C)(C)C)cc1. The van der Waals surface area contributed by atoms with Gasteiger partial charge in [0.15, 0.2) is 0 Å². The molecule has 6 nitrogen and oxygen atoms in total. The van der Waals surface area contributed by atoms with Gasteiger partial charge in [0.25, 0.3) is 0 Å². The third kappa shape index (κ3) is 7.31. The van der Waals surface area contributed by atoms with Crippen LogP contribution in [-0.2, 0) is 29.5 Å². The molecular formula is C31H38N3O3S2-. The molecule has 0 N–H and O–H groups in total. The molecule has 1 heterocycles. The van der Waals surface area contributed by atoms with Crippen LogP contribution in [0.4, 0.5) is 0 Å². The first-order chi connectivity index (χ1) is 18.5. The van der Waals surface area contributed by atoms with Gasteiger partial charge >= 0.3 is 0 Å². The highest BCUT2D eigenvalue weighted by Crippen LogP contribution is 2.26. The topological polar surface area (TPSA) is 76.0 Å². The minimum atomic E-state index is -3.56. The van der Waals surface area contributed by atoms with E-state index in [-0.39, 0.29) is 11.4 Å².